The molecule has 0 spiro atoms. The van der Waals surface area contributed by atoms with Gasteiger partial charge in [-0.25, -0.2) is 9.18 Å². The molecule has 2 rings (SSSR count). The van der Waals surface area contributed by atoms with Gasteiger partial charge in [-0.15, -0.1) is 0 Å². The molecule has 1 aliphatic heterocycles. The first-order valence-electron chi connectivity index (χ1n) is 7.24. The highest BCUT2D eigenvalue weighted by molar-refractivity contribution is 7.80. The Labute approximate surface area is 147 Å². The van der Waals surface area contributed by atoms with Crippen molar-refractivity contribution in [1.29, 1.82) is 0 Å². The molecule has 2 N–H and O–H groups in total. The van der Waals surface area contributed by atoms with Crippen molar-refractivity contribution in [1.82, 2.24) is 10.6 Å². The van der Waals surface area contributed by atoms with E-state index in [0.717, 1.165) is 6.07 Å². The van der Waals surface area contributed by atoms with Crippen LogP contribution in [0.5, 0.6) is 0 Å². The highest BCUT2D eigenvalue weighted by Gasteiger charge is 2.34. The van der Waals surface area contributed by atoms with E-state index in [1.54, 1.807) is 13.8 Å². The fourth-order valence-electron chi connectivity index (χ4n) is 2.39. The van der Waals surface area contributed by atoms with Gasteiger partial charge in [0, 0.05) is 23.4 Å². The average molecular weight is 371 g/mol. The highest BCUT2D eigenvalue weighted by atomic mass is 32.1. The molecule has 134 valence electrons. The van der Waals surface area contributed by atoms with E-state index in [1.165, 1.54) is 6.92 Å². The number of hydrogen-bond donors (Lipinski definition) is 2. The molecule has 0 fully saturated rings. The molecule has 1 aromatic carbocycles. The van der Waals surface area contributed by atoms with Gasteiger partial charge in [0.25, 0.3) is 0 Å². The number of esters is 1. The number of carbonyl (C=O) groups excluding carboxylic acids is 1. The Kier molecular flexibility index (Phi) is 5.31. The van der Waals surface area contributed by atoms with Crippen molar-refractivity contribution in [2.24, 2.45) is 0 Å². The van der Waals surface area contributed by atoms with Crippen molar-refractivity contribution in [3.63, 3.8) is 0 Å². The summed E-state index contributed by atoms with van der Waals surface area (Å²) in [7, 11) is 0. The zero-order chi connectivity index (χ0) is 18.9. The van der Waals surface area contributed by atoms with Crippen molar-refractivity contribution in [2.45, 2.75) is 32.9 Å². The molecule has 10 heteroatoms. The summed E-state index contributed by atoms with van der Waals surface area (Å²) in [6, 6.07) is -0.00743. The summed E-state index contributed by atoms with van der Waals surface area (Å²) in [6.45, 7) is 4.81. The molecule has 0 aliphatic carbocycles. The Bertz CT molecular complexity index is 795. The third-order valence-electron chi connectivity index (χ3n) is 3.41. The van der Waals surface area contributed by atoms with Gasteiger partial charge in [-0.1, -0.05) is 0 Å². The normalized spacial score (nSPS) is 17.2. The fraction of sp³-hybridized carbons (Fsp3) is 0.333. The number of nitrogens with one attached hydrogen (secondary N) is 2. The van der Waals surface area contributed by atoms with Crippen LogP contribution in [0.25, 0.3) is 0 Å². The minimum atomic E-state index is -1.31. The van der Waals surface area contributed by atoms with E-state index in [0.29, 0.717) is 11.8 Å². The number of hydrogen-bond acceptors (Lipinski definition) is 5. The lowest BCUT2D eigenvalue weighted by Crippen LogP contribution is -2.45. The molecule has 0 amide bonds. The van der Waals surface area contributed by atoms with Gasteiger partial charge in [-0.05, 0) is 33.0 Å². The first-order valence-corrected chi connectivity index (χ1v) is 7.65. The van der Waals surface area contributed by atoms with Crippen LogP contribution in [0.1, 0.15) is 32.4 Å². The lowest BCUT2D eigenvalue weighted by atomic mass is 9.94. The summed E-state index contributed by atoms with van der Waals surface area (Å²) < 4.78 is 33.0. The Hall–Kier alpha value is -2.62. The fourth-order valence-corrected chi connectivity index (χ4v) is 2.66. The number of ether oxygens (including phenoxy) is 1. The van der Waals surface area contributed by atoms with Gasteiger partial charge in [0.15, 0.2) is 5.11 Å². The number of thiocarbonyl (C=S) groups is 1. The quantitative estimate of drug-likeness (QED) is 0.364. The maximum Gasteiger partial charge on any atom is 0.338 e. The van der Waals surface area contributed by atoms with Gasteiger partial charge in [0.2, 0.25) is 5.82 Å². The smallest absolute Gasteiger partial charge is 0.338 e. The van der Waals surface area contributed by atoms with Crippen LogP contribution in [-0.2, 0) is 9.53 Å². The van der Waals surface area contributed by atoms with Gasteiger partial charge in [0.05, 0.1) is 22.6 Å². The van der Waals surface area contributed by atoms with Gasteiger partial charge in [-0.2, -0.15) is 4.39 Å². The predicted octanol–water partition coefficient (Wildman–Crippen LogP) is 2.62. The van der Waals surface area contributed by atoms with Crippen LogP contribution in [0.4, 0.5) is 14.5 Å². The predicted molar refractivity (Wildman–Crippen MR) is 88.6 cm³/mol. The van der Waals surface area contributed by atoms with Crippen molar-refractivity contribution >= 4 is 29.0 Å². The van der Waals surface area contributed by atoms with E-state index in [9.17, 15) is 23.7 Å². The highest BCUT2D eigenvalue weighted by Crippen LogP contribution is 2.33. The van der Waals surface area contributed by atoms with Crippen LogP contribution in [0.15, 0.2) is 23.4 Å². The Balaban J connectivity index is 2.60. The third-order valence-corrected chi connectivity index (χ3v) is 3.63. The monoisotopic (exact) mass is 371 g/mol. The summed E-state index contributed by atoms with van der Waals surface area (Å²) in [4.78, 5) is 22.3. The van der Waals surface area contributed by atoms with Crippen LogP contribution in [0, 0.1) is 21.7 Å². The zero-order valence-corrected chi connectivity index (χ0v) is 14.4. The number of benzene rings is 1. The number of nitro benzene ring substituents is 1. The number of carbonyl (C=O) groups is 1. The standard InChI is InChI=1S/C15H15F2N3O4S/c1-6(2)24-14(21)12-7(3)18-15(25)19-13(12)8-4-11(20(22)23)10(17)5-9(8)16/h4-6,13H,1-3H3,(H2,18,19,25). The molecule has 7 nitrogen and oxygen atoms in total. The molecule has 0 bridgehead atoms. The minimum Gasteiger partial charge on any atom is -0.459 e. The third kappa shape index (κ3) is 3.90. The van der Waals surface area contributed by atoms with E-state index >= 15 is 0 Å². The lowest BCUT2D eigenvalue weighted by Gasteiger charge is -2.30. The average Bonchev–Trinajstić information content (AvgIpc) is 2.44. The summed E-state index contributed by atoms with van der Waals surface area (Å²) >= 11 is 5.00. The van der Waals surface area contributed by atoms with Crippen molar-refractivity contribution < 1.29 is 23.2 Å². The maximum atomic E-state index is 14.3. The second-order valence-corrected chi connectivity index (χ2v) is 6.01. The number of allylic oxidation sites excluding steroid dienone is 1. The second kappa shape index (κ2) is 7.09. The molecule has 0 saturated carbocycles. The first kappa shape index (κ1) is 18.7. The Morgan fingerprint density at radius 3 is 2.56 bits per heavy atom. The summed E-state index contributed by atoms with van der Waals surface area (Å²) in [5.41, 5.74) is -0.878. The SMILES string of the molecule is CC1=C(C(=O)OC(C)C)C(c2cc([N+](=O)[O-])c(F)cc2F)NC(=S)N1. The van der Waals surface area contributed by atoms with Gasteiger partial charge in [-0.3, -0.25) is 10.1 Å². The van der Waals surface area contributed by atoms with Crippen LogP contribution >= 0.6 is 12.2 Å². The second-order valence-electron chi connectivity index (χ2n) is 5.61. The molecular formula is C15H15F2N3O4S. The Morgan fingerprint density at radius 1 is 1.36 bits per heavy atom. The minimum absolute atomic E-state index is 0.00195. The molecule has 1 unspecified atom stereocenters. The van der Waals surface area contributed by atoms with Gasteiger partial charge < -0.3 is 15.4 Å². The Morgan fingerprint density at radius 2 is 2.00 bits per heavy atom. The molecule has 0 saturated heterocycles. The molecule has 1 atom stereocenters. The van der Waals surface area contributed by atoms with Crippen LogP contribution in [0.2, 0.25) is 0 Å². The zero-order valence-electron chi connectivity index (χ0n) is 13.6. The van der Waals surface area contributed by atoms with E-state index in [-0.39, 0.29) is 16.2 Å². The van der Waals surface area contributed by atoms with Crippen molar-refractivity contribution in [3.05, 3.63) is 50.7 Å². The van der Waals surface area contributed by atoms with Crippen LogP contribution in [-0.4, -0.2) is 22.1 Å². The molecule has 0 aromatic heterocycles. The molecular weight excluding hydrogens is 356 g/mol. The molecule has 1 aliphatic rings. The van der Waals surface area contributed by atoms with Crippen LogP contribution in [0.3, 0.4) is 0 Å². The number of rotatable bonds is 4. The first-order chi connectivity index (χ1) is 11.6. The molecule has 25 heavy (non-hydrogen) atoms. The van der Waals surface area contributed by atoms with Crippen LogP contribution < -0.4 is 10.6 Å². The number of nitrogens with zero attached hydrogens (tertiary/aromatic N) is 1. The largest absolute Gasteiger partial charge is 0.459 e. The van der Waals surface area contributed by atoms with Crippen molar-refractivity contribution in [3.8, 4) is 0 Å². The van der Waals surface area contributed by atoms with Gasteiger partial charge >= 0.3 is 11.7 Å². The van der Waals surface area contributed by atoms with E-state index in [1.807, 2.05) is 0 Å². The number of nitro groups is 1. The van der Waals surface area contributed by atoms with Gasteiger partial charge in [0.1, 0.15) is 5.82 Å². The molecule has 1 heterocycles. The van der Waals surface area contributed by atoms with E-state index < -0.39 is 40.4 Å². The summed E-state index contributed by atoms with van der Waals surface area (Å²) in [5.74, 6) is -3.10. The number of halogens is 2. The topological polar surface area (TPSA) is 93.5 Å². The van der Waals surface area contributed by atoms with Crippen molar-refractivity contribution in [2.75, 3.05) is 0 Å². The summed E-state index contributed by atoms with van der Waals surface area (Å²) in [5, 5.41) is 16.4. The summed E-state index contributed by atoms with van der Waals surface area (Å²) in [6.07, 6.45) is -0.435. The van der Waals surface area contributed by atoms with E-state index in [4.69, 9.17) is 17.0 Å². The molecule has 0 radical (unpaired) electrons. The molecule has 1 aromatic rings. The maximum absolute atomic E-state index is 14.3. The van der Waals surface area contributed by atoms with E-state index in [2.05, 4.69) is 10.6 Å². The lowest BCUT2D eigenvalue weighted by molar-refractivity contribution is -0.387.